The number of aromatic amines is 1. The van der Waals surface area contributed by atoms with E-state index in [9.17, 15) is 23.2 Å². The van der Waals surface area contributed by atoms with Gasteiger partial charge in [0.1, 0.15) is 11.6 Å². The number of nitrogens with one attached hydrogen (secondary N) is 2. The number of fused-ring (bicyclic) bond motifs is 1. The molecule has 1 saturated carbocycles. The van der Waals surface area contributed by atoms with Gasteiger partial charge in [-0.3, -0.25) is 14.4 Å². The highest BCUT2D eigenvalue weighted by atomic mass is 19.3. The van der Waals surface area contributed by atoms with Gasteiger partial charge in [-0.05, 0) is 18.9 Å². The molecule has 2 amide bonds. The number of likely N-dealkylation sites (tertiary alicyclic amines) is 1. The Morgan fingerprint density at radius 2 is 1.93 bits per heavy atom. The van der Waals surface area contributed by atoms with Crippen molar-refractivity contribution in [1.82, 2.24) is 15.2 Å². The van der Waals surface area contributed by atoms with Gasteiger partial charge in [-0.1, -0.05) is 18.2 Å². The zero-order chi connectivity index (χ0) is 20.1. The molecule has 2 fully saturated rings. The molecule has 1 unspecified atom stereocenters. The number of aromatic nitrogens is 1. The Labute approximate surface area is 157 Å². The van der Waals surface area contributed by atoms with Crippen molar-refractivity contribution in [2.45, 2.75) is 36.8 Å². The summed E-state index contributed by atoms with van der Waals surface area (Å²) in [5.74, 6) is -4.37. The Balaban J connectivity index is 1.60. The molecule has 9 heteroatoms. The molecular formula is C19H16F2N4O3. The Kier molecular flexibility index (Phi) is 3.96. The predicted molar refractivity (Wildman–Crippen MR) is 94.7 cm³/mol. The third kappa shape index (κ3) is 2.91. The molecule has 1 aromatic heterocycles. The highest BCUT2D eigenvalue weighted by Gasteiger charge is 2.58. The molecule has 7 nitrogen and oxygen atoms in total. The highest BCUT2D eigenvalue weighted by molar-refractivity contribution is 6.08. The number of alkyl halides is 2. The zero-order valence-electron chi connectivity index (χ0n) is 14.7. The molecule has 1 aliphatic carbocycles. The Bertz CT molecular complexity index is 1080. The lowest BCUT2D eigenvalue weighted by atomic mass is 10.1. The van der Waals surface area contributed by atoms with E-state index >= 15 is 0 Å². The SMILES string of the molecule is N#CC1CC(F)(F)CN1C(=O)C1(NC(=O)c2c[nH]c(=O)c3ccccc23)CC1. The summed E-state index contributed by atoms with van der Waals surface area (Å²) < 4.78 is 27.3. The molecule has 144 valence electrons. The minimum absolute atomic E-state index is 0.179. The minimum atomic E-state index is -3.12. The van der Waals surface area contributed by atoms with Crippen molar-refractivity contribution in [3.63, 3.8) is 0 Å². The first-order chi connectivity index (χ1) is 13.3. The number of pyridine rings is 1. The first-order valence-electron chi connectivity index (χ1n) is 8.78. The van der Waals surface area contributed by atoms with Crippen LogP contribution in [-0.2, 0) is 4.79 Å². The lowest BCUT2D eigenvalue weighted by molar-refractivity contribution is -0.135. The molecule has 1 aliphatic heterocycles. The minimum Gasteiger partial charge on any atom is -0.338 e. The number of benzene rings is 1. The standard InChI is InChI=1S/C19H16F2N4O3/c20-19(21)7-11(8-22)25(10-19)17(28)18(5-6-18)24-16(27)14-9-23-15(26)13-4-2-1-3-12(13)14/h1-4,9,11H,5-7,10H2,(H,23,26)(H,24,27). The molecule has 2 aliphatic rings. The van der Waals surface area contributed by atoms with Crippen LogP contribution in [0.2, 0.25) is 0 Å². The van der Waals surface area contributed by atoms with E-state index in [2.05, 4.69) is 10.3 Å². The maximum atomic E-state index is 13.7. The van der Waals surface area contributed by atoms with E-state index in [1.807, 2.05) is 0 Å². The van der Waals surface area contributed by atoms with Crippen molar-refractivity contribution < 1.29 is 18.4 Å². The second-order valence-corrected chi connectivity index (χ2v) is 7.25. The van der Waals surface area contributed by atoms with Crippen molar-refractivity contribution in [3.8, 4) is 6.07 Å². The van der Waals surface area contributed by atoms with E-state index in [4.69, 9.17) is 5.26 Å². The Morgan fingerprint density at radius 3 is 2.57 bits per heavy atom. The van der Waals surface area contributed by atoms with Gasteiger partial charge in [0.15, 0.2) is 0 Å². The van der Waals surface area contributed by atoms with Gasteiger partial charge in [-0.2, -0.15) is 5.26 Å². The number of nitrogens with zero attached hydrogens (tertiary/aromatic N) is 2. The Hall–Kier alpha value is -3.28. The fourth-order valence-corrected chi connectivity index (χ4v) is 3.62. The van der Waals surface area contributed by atoms with Crippen molar-refractivity contribution in [2.24, 2.45) is 0 Å². The smallest absolute Gasteiger partial charge is 0.268 e. The second kappa shape index (κ2) is 6.12. The summed E-state index contributed by atoms with van der Waals surface area (Å²) in [5, 5.41) is 12.5. The average Bonchev–Trinajstić information content (AvgIpc) is 3.37. The molecule has 2 aromatic rings. The van der Waals surface area contributed by atoms with Crippen LogP contribution in [0.4, 0.5) is 8.78 Å². The van der Waals surface area contributed by atoms with E-state index in [1.165, 1.54) is 6.20 Å². The summed E-state index contributed by atoms with van der Waals surface area (Å²) in [7, 11) is 0. The van der Waals surface area contributed by atoms with Crippen LogP contribution in [0.1, 0.15) is 29.6 Å². The van der Waals surface area contributed by atoms with Gasteiger partial charge < -0.3 is 15.2 Å². The third-order valence-electron chi connectivity index (χ3n) is 5.25. The number of H-pyrrole nitrogens is 1. The third-order valence-corrected chi connectivity index (χ3v) is 5.25. The van der Waals surface area contributed by atoms with Crippen molar-refractivity contribution >= 4 is 22.6 Å². The maximum Gasteiger partial charge on any atom is 0.268 e. The summed E-state index contributed by atoms with van der Waals surface area (Å²) in [4.78, 5) is 40.9. The lowest BCUT2D eigenvalue weighted by Gasteiger charge is -2.26. The van der Waals surface area contributed by atoms with Gasteiger partial charge in [-0.15, -0.1) is 0 Å². The van der Waals surface area contributed by atoms with Gasteiger partial charge in [0.25, 0.3) is 17.4 Å². The largest absolute Gasteiger partial charge is 0.338 e. The number of carbonyl (C=O) groups excluding carboxylic acids is 2. The van der Waals surface area contributed by atoms with E-state index in [0.717, 1.165) is 4.90 Å². The number of halogens is 2. The summed E-state index contributed by atoms with van der Waals surface area (Å²) in [6, 6.07) is 7.06. The predicted octanol–water partition coefficient (Wildman–Crippen LogP) is 1.55. The molecular weight excluding hydrogens is 370 g/mol. The van der Waals surface area contributed by atoms with Crippen LogP contribution in [0, 0.1) is 11.3 Å². The van der Waals surface area contributed by atoms with Crippen LogP contribution in [0.25, 0.3) is 10.8 Å². The lowest BCUT2D eigenvalue weighted by Crippen LogP contribution is -2.52. The first kappa shape index (κ1) is 18.1. The number of amides is 2. The number of rotatable bonds is 3. The summed E-state index contributed by atoms with van der Waals surface area (Å²) >= 11 is 0. The molecule has 1 atom stereocenters. The van der Waals surface area contributed by atoms with Crippen LogP contribution in [0.3, 0.4) is 0 Å². The maximum absolute atomic E-state index is 13.7. The Morgan fingerprint density at radius 1 is 1.25 bits per heavy atom. The second-order valence-electron chi connectivity index (χ2n) is 7.25. The number of hydrogen-bond acceptors (Lipinski definition) is 4. The summed E-state index contributed by atoms with van der Waals surface area (Å²) in [5.41, 5.74) is -1.46. The van der Waals surface area contributed by atoms with Crippen LogP contribution in [0.5, 0.6) is 0 Å². The highest BCUT2D eigenvalue weighted by Crippen LogP contribution is 2.41. The molecule has 28 heavy (non-hydrogen) atoms. The van der Waals surface area contributed by atoms with Crippen LogP contribution < -0.4 is 10.9 Å². The van der Waals surface area contributed by atoms with Crippen molar-refractivity contribution in [3.05, 3.63) is 46.4 Å². The molecule has 1 aromatic carbocycles. The molecule has 2 heterocycles. The van der Waals surface area contributed by atoms with E-state index in [1.54, 1.807) is 30.3 Å². The quantitative estimate of drug-likeness (QED) is 0.835. The molecule has 0 spiro atoms. The molecule has 0 radical (unpaired) electrons. The fraction of sp³-hybridized carbons (Fsp3) is 0.368. The van der Waals surface area contributed by atoms with Gasteiger partial charge >= 0.3 is 0 Å². The van der Waals surface area contributed by atoms with Crippen molar-refractivity contribution in [2.75, 3.05) is 6.54 Å². The van der Waals surface area contributed by atoms with Crippen LogP contribution >= 0.6 is 0 Å². The molecule has 4 rings (SSSR count). The number of nitriles is 1. The zero-order valence-corrected chi connectivity index (χ0v) is 14.7. The van der Waals surface area contributed by atoms with E-state index in [0.29, 0.717) is 23.6 Å². The number of carbonyl (C=O) groups is 2. The van der Waals surface area contributed by atoms with Gasteiger partial charge in [-0.25, -0.2) is 8.78 Å². The molecule has 1 saturated heterocycles. The van der Waals surface area contributed by atoms with Gasteiger partial charge in [0.05, 0.1) is 18.2 Å². The monoisotopic (exact) mass is 386 g/mol. The van der Waals surface area contributed by atoms with Crippen molar-refractivity contribution in [1.29, 1.82) is 5.26 Å². The van der Waals surface area contributed by atoms with E-state index < -0.39 is 42.3 Å². The summed E-state index contributed by atoms with van der Waals surface area (Å²) in [6.45, 7) is -0.830. The normalized spacial score (nSPS) is 21.9. The van der Waals surface area contributed by atoms with Gasteiger partial charge in [0, 0.05) is 23.4 Å². The fourth-order valence-electron chi connectivity index (χ4n) is 3.62. The van der Waals surface area contributed by atoms with E-state index in [-0.39, 0.29) is 11.1 Å². The summed E-state index contributed by atoms with van der Waals surface area (Å²) in [6.07, 6.45) is 1.17. The van der Waals surface area contributed by atoms with Crippen LogP contribution in [-0.4, -0.2) is 45.7 Å². The van der Waals surface area contributed by atoms with Crippen LogP contribution in [0.15, 0.2) is 35.3 Å². The number of hydrogen-bond donors (Lipinski definition) is 2. The average molecular weight is 386 g/mol. The topological polar surface area (TPSA) is 106 Å². The molecule has 0 bridgehead atoms. The van der Waals surface area contributed by atoms with Gasteiger partial charge in [0.2, 0.25) is 5.91 Å². The molecule has 2 N–H and O–H groups in total. The first-order valence-corrected chi connectivity index (χ1v) is 8.78.